The summed E-state index contributed by atoms with van der Waals surface area (Å²) in [5.74, 6) is 1.87. The van der Waals surface area contributed by atoms with Crippen molar-refractivity contribution in [3.05, 3.63) is 29.6 Å². The normalized spacial score (nSPS) is 19.5. The highest BCUT2D eigenvalue weighted by atomic mass is 14.9. The molecule has 0 spiro atoms. The van der Waals surface area contributed by atoms with Crippen LogP contribution in [0, 0.1) is 6.92 Å². The number of benzene rings is 1. The number of hydrogen-bond donors (Lipinski definition) is 1. The summed E-state index contributed by atoms with van der Waals surface area (Å²) in [5.41, 5.74) is 3.66. The average Bonchev–Trinajstić information content (AvgIpc) is 2.89. The van der Waals surface area contributed by atoms with Gasteiger partial charge >= 0.3 is 0 Å². The van der Waals surface area contributed by atoms with Crippen LogP contribution in [0.5, 0.6) is 0 Å². The van der Waals surface area contributed by atoms with Gasteiger partial charge in [-0.3, -0.25) is 0 Å². The minimum Gasteiger partial charge on any atom is -0.342 e. The summed E-state index contributed by atoms with van der Waals surface area (Å²) in [7, 11) is 0. The number of hydrogen-bond acceptors (Lipinski definition) is 1. The van der Waals surface area contributed by atoms with E-state index in [0.717, 1.165) is 0 Å². The van der Waals surface area contributed by atoms with E-state index in [1.807, 2.05) is 0 Å². The van der Waals surface area contributed by atoms with Gasteiger partial charge in [0.1, 0.15) is 5.82 Å². The molecular formula is C19H28N2. The van der Waals surface area contributed by atoms with E-state index >= 15 is 0 Å². The van der Waals surface area contributed by atoms with Crippen LogP contribution >= 0.6 is 0 Å². The van der Waals surface area contributed by atoms with Crippen LogP contribution in [0.2, 0.25) is 0 Å². The molecule has 2 nitrogen and oxygen atoms in total. The Morgan fingerprint density at radius 2 is 1.52 bits per heavy atom. The van der Waals surface area contributed by atoms with Crippen molar-refractivity contribution in [3.63, 3.8) is 0 Å². The second-order valence-corrected chi connectivity index (χ2v) is 6.70. The highest BCUT2D eigenvalue weighted by molar-refractivity contribution is 5.78. The Balaban J connectivity index is 1.78. The highest BCUT2D eigenvalue weighted by Crippen LogP contribution is 2.30. The van der Waals surface area contributed by atoms with Crippen molar-refractivity contribution in [2.24, 2.45) is 0 Å². The Kier molecular flexibility index (Phi) is 4.95. The van der Waals surface area contributed by atoms with E-state index in [9.17, 15) is 0 Å². The molecule has 1 fully saturated rings. The van der Waals surface area contributed by atoms with Crippen LogP contribution in [0.25, 0.3) is 11.0 Å². The number of fused-ring (bicyclic) bond motifs is 1. The molecule has 0 aliphatic heterocycles. The quantitative estimate of drug-likeness (QED) is 0.697. The van der Waals surface area contributed by atoms with Gasteiger partial charge in [0.25, 0.3) is 0 Å². The molecule has 0 amide bonds. The number of aryl methyl sites for hydroxylation is 1. The fourth-order valence-electron chi connectivity index (χ4n) is 3.65. The third-order valence-corrected chi connectivity index (χ3v) is 4.97. The lowest BCUT2D eigenvalue weighted by atomic mass is 9.95. The summed E-state index contributed by atoms with van der Waals surface area (Å²) in [5, 5.41) is 0. The fraction of sp³-hybridized carbons (Fsp3) is 0.632. The lowest BCUT2D eigenvalue weighted by molar-refractivity contribution is 0.498. The molecule has 1 aromatic carbocycles. The van der Waals surface area contributed by atoms with E-state index in [4.69, 9.17) is 4.98 Å². The molecule has 0 saturated heterocycles. The zero-order chi connectivity index (χ0) is 14.5. The van der Waals surface area contributed by atoms with Crippen LogP contribution < -0.4 is 0 Å². The predicted octanol–water partition coefficient (Wildman–Crippen LogP) is 5.87. The summed E-state index contributed by atoms with van der Waals surface area (Å²) in [6.45, 7) is 2.16. The number of nitrogens with one attached hydrogen (secondary N) is 1. The number of para-hydroxylation sites is 1. The number of imidazole rings is 1. The summed E-state index contributed by atoms with van der Waals surface area (Å²) in [6.07, 6.45) is 13.9. The minimum absolute atomic E-state index is 0.634. The molecule has 0 bridgehead atoms. The third kappa shape index (κ3) is 3.66. The standard InChI is InChI=1S/C19H28N2/c1-15-11-10-14-17-18(15)21-19(20-17)16-12-8-6-4-2-3-5-7-9-13-16/h10-11,14,16H,2-9,12-13H2,1H3,(H,20,21). The van der Waals surface area contributed by atoms with Gasteiger partial charge in [-0.25, -0.2) is 4.98 Å². The number of aromatic amines is 1. The third-order valence-electron chi connectivity index (χ3n) is 4.97. The van der Waals surface area contributed by atoms with Crippen LogP contribution in [-0.4, -0.2) is 9.97 Å². The van der Waals surface area contributed by atoms with E-state index in [1.54, 1.807) is 0 Å². The molecule has 1 saturated carbocycles. The predicted molar refractivity (Wildman–Crippen MR) is 89.7 cm³/mol. The molecule has 1 N–H and O–H groups in total. The molecular weight excluding hydrogens is 256 g/mol. The molecule has 0 atom stereocenters. The van der Waals surface area contributed by atoms with Crippen molar-refractivity contribution >= 4 is 11.0 Å². The van der Waals surface area contributed by atoms with Gasteiger partial charge in [0.2, 0.25) is 0 Å². The first-order chi connectivity index (χ1) is 10.3. The van der Waals surface area contributed by atoms with Gasteiger partial charge in [-0.15, -0.1) is 0 Å². The smallest absolute Gasteiger partial charge is 0.110 e. The topological polar surface area (TPSA) is 28.7 Å². The molecule has 1 aliphatic carbocycles. The van der Waals surface area contributed by atoms with Crippen molar-refractivity contribution in [2.45, 2.75) is 77.0 Å². The summed E-state index contributed by atoms with van der Waals surface area (Å²) in [4.78, 5) is 8.52. The van der Waals surface area contributed by atoms with E-state index in [-0.39, 0.29) is 0 Å². The number of aromatic nitrogens is 2. The van der Waals surface area contributed by atoms with Gasteiger partial charge < -0.3 is 4.98 Å². The van der Waals surface area contributed by atoms with Gasteiger partial charge in [0, 0.05) is 5.92 Å². The van der Waals surface area contributed by atoms with Crippen LogP contribution in [0.3, 0.4) is 0 Å². The summed E-state index contributed by atoms with van der Waals surface area (Å²) < 4.78 is 0. The molecule has 1 aliphatic rings. The second-order valence-electron chi connectivity index (χ2n) is 6.70. The lowest BCUT2D eigenvalue weighted by Crippen LogP contribution is -2.01. The van der Waals surface area contributed by atoms with E-state index in [0.29, 0.717) is 5.92 Å². The van der Waals surface area contributed by atoms with Crippen molar-refractivity contribution in [2.75, 3.05) is 0 Å². The van der Waals surface area contributed by atoms with Gasteiger partial charge in [-0.05, 0) is 31.4 Å². The Morgan fingerprint density at radius 3 is 2.14 bits per heavy atom. The fourth-order valence-corrected chi connectivity index (χ4v) is 3.65. The molecule has 2 aromatic rings. The lowest BCUT2D eigenvalue weighted by Gasteiger charge is -2.13. The van der Waals surface area contributed by atoms with Crippen LogP contribution in [-0.2, 0) is 0 Å². The zero-order valence-corrected chi connectivity index (χ0v) is 13.3. The van der Waals surface area contributed by atoms with Crippen molar-refractivity contribution in [3.8, 4) is 0 Å². The second kappa shape index (κ2) is 7.11. The largest absolute Gasteiger partial charge is 0.342 e. The van der Waals surface area contributed by atoms with Crippen LogP contribution in [0.15, 0.2) is 18.2 Å². The maximum atomic E-state index is 4.93. The van der Waals surface area contributed by atoms with Crippen LogP contribution in [0.1, 0.15) is 81.5 Å². The summed E-state index contributed by atoms with van der Waals surface area (Å²) in [6, 6.07) is 6.44. The number of nitrogens with zero attached hydrogens (tertiary/aromatic N) is 1. The molecule has 1 heterocycles. The average molecular weight is 284 g/mol. The molecule has 21 heavy (non-hydrogen) atoms. The number of H-pyrrole nitrogens is 1. The molecule has 0 unspecified atom stereocenters. The molecule has 1 aromatic heterocycles. The summed E-state index contributed by atoms with van der Waals surface area (Å²) >= 11 is 0. The van der Waals surface area contributed by atoms with Crippen molar-refractivity contribution in [1.29, 1.82) is 0 Å². The van der Waals surface area contributed by atoms with Crippen molar-refractivity contribution < 1.29 is 0 Å². The monoisotopic (exact) mass is 284 g/mol. The Hall–Kier alpha value is -1.31. The van der Waals surface area contributed by atoms with E-state index in [2.05, 4.69) is 30.1 Å². The molecule has 0 radical (unpaired) electrons. The van der Waals surface area contributed by atoms with Gasteiger partial charge in [-0.2, -0.15) is 0 Å². The number of rotatable bonds is 1. The van der Waals surface area contributed by atoms with Crippen LogP contribution in [0.4, 0.5) is 0 Å². The Labute approximate surface area is 128 Å². The Bertz CT molecular complexity index is 558. The Morgan fingerprint density at radius 1 is 0.905 bits per heavy atom. The van der Waals surface area contributed by atoms with Gasteiger partial charge in [-0.1, -0.05) is 63.5 Å². The van der Waals surface area contributed by atoms with Gasteiger partial charge in [0.15, 0.2) is 0 Å². The molecule has 2 heteroatoms. The zero-order valence-electron chi connectivity index (χ0n) is 13.3. The minimum atomic E-state index is 0.634. The van der Waals surface area contributed by atoms with Gasteiger partial charge in [0.05, 0.1) is 11.0 Å². The van der Waals surface area contributed by atoms with Crippen molar-refractivity contribution in [1.82, 2.24) is 9.97 Å². The molecule has 114 valence electrons. The SMILES string of the molecule is Cc1cccc2[nH]c(C3CCCCCCCCCC3)nc12. The first kappa shape index (κ1) is 14.6. The first-order valence-electron chi connectivity index (χ1n) is 8.80. The maximum Gasteiger partial charge on any atom is 0.110 e. The maximum absolute atomic E-state index is 4.93. The highest BCUT2D eigenvalue weighted by Gasteiger charge is 2.16. The first-order valence-corrected chi connectivity index (χ1v) is 8.80. The van der Waals surface area contributed by atoms with E-state index < -0.39 is 0 Å². The molecule has 3 rings (SSSR count). The van der Waals surface area contributed by atoms with E-state index in [1.165, 1.54) is 86.6 Å².